The number of hydrogen-bond acceptors (Lipinski definition) is 5. The largest absolute Gasteiger partial charge is 0.351 e. The van der Waals surface area contributed by atoms with Gasteiger partial charge in [0.15, 0.2) is 5.82 Å². The molecule has 68 valence electrons. The second-order valence-corrected chi connectivity index (χ2v) is 4.01. The summed E-state index contributed by atoms with van der Waals surface area (Å²) >= 11 is 1.80. The minimum absolute atomic E-state index is 0.148. The van der Waals surface area contributed by atoms with Crippen molar-refractivity contribution in [2.24, 2.45) is 0 Å². The Labute approximate surface area is 75.9 Å². The van der Waals surface area contributed by atoms with Crippen LogP contribution in [0.4, 0.5) is 6.01 Å². The number of hydrogen-bond donors (Lipinski definition) is 1. The number of thioether (sulfide) groups is 1. The van der Waals surface area contributed by atoms with Crippen LogP contribution in [0.15, 0.2) is 4.52 Å². The van der Waals surface area contributed by atoms with E-state index >= 15 is 0 Å². The number of rotatable bonds is 4. The third-order valence-corrected chi connectivity index (χ3v) is 2.88. The van der Waals surface area contributed by atoms with Crippen LogP contribution in [-0.4, -0.2) is 15.4 Å². The molecule has 0 amide bonds. The molecule has 5 heteroatoms. The average Bonchev–Trinajstić information content (AvgIpc) is 2.47. The molecule has 1 atom stereocenters. The fourth-order valence-corrected chi connectivity index (χ4v) is 1.45. The molecule has 1 aromatic heterocycles. The Morgan fingerprint density at radius 2 is 2.42 bits per heavy atom. The maximum atomic E-state index is 5.27. The van der Waals surface area contributed by atoms with Gasteiger partial charge in [-0.15, -0.1) is 0 Å². The smallest absolute Gasteiger partial charge is 0.318 e. The van der Waals surface area contributed by atoms with Gasteiger partial charge < -0.3 is 10.3 Å². The molecular weight excluding hydrogens is 174 g/mol. The van der Waals surface area contributed by atoms with Crippen molar-refractivity contribution in [3.63, 3.8) is 0 Å². The number of nitrogens with two attached hydrogens (primary N) is 1. The van der Waals surface area contributed by atoms with E-state index in [-0.39, 0.29) is 6.01 Å². The molecule has 1 unspecified atom stereocenters. The Morgan fingerprint density at radius 3 is 2.92 bits per heavy atom. The lowest BCUT2D eigenvalue weighted by atomic mass is 10.4. The van der Waals surface area contributed by atoms with Gasteiger partial charge in [0.2, 0.25) is 0 Å². The Bertz CT molecular complexity index is 238. The maximum absolute atomic E-state index is 5.27. The van der Waals surface area contributed by atoms with Crippen LogP contribution >= 0.6 is 11.8 Å². The molecule has 1 aromatic rings. The van der Waals surface area contributed by atoms with Crippen molar-refractivity contribution in [2.45, 2.75) is 31.3 Å². The summed E-state index contributed by atoms with van der Waals surface area (Å²) in [5.41, 5.74) is 5.27. The van der Waals surface area contributed by atoms with Crippen molar-refractivity contribution in [3.8, 4) is 0 Å². The molecule has 0 aliphatic rings. The van der Waals surface area contributed by atoms with Crippen LogP contribution in [0, 0.1) is 0 Å². The van der Waals surface area contributed by atoms with E-state index in [0.717, 1.165) is 12.2 Å². The standard InChI is InChI=1S/C7H13N3OS/c1-3-5(2)12-4-6-9-7(8)11-10-6/h5H,3-4H2,1-2H3,(H2,8,9,10). The van der Waals surface area contributed by atoms with Crippen LogP contribution in [0.3, 0.4) is 0 Å². The molecule has 0 fully saturated rings. The Kier molecular flexibility index (Phi) is 3.40. The molecular formula is C7H13N3OS. The second-order valence-electron chi connectivity index (χ2n) is 2.58. The van der Waals surface area contributed by atoms with E-state index in [1.54, 1.807) is 11.8 Å². The van der Waals surface area contributed by atoms with Gasteiger partial charge in [0.25, 0.3) is 0 Å². The number of nitrogens with zero attached hydrogens (tertiary/aromatic N) is 2. The molecule has 0 bridgehead atoms. The molecule has 0 radical (unpaired) electrons. The minimum Gasteiger partial charge on any atom is -0.351 e. The van der Waals surface area contributed by atoms with E-state index in [1.807, 2.05) is 0 Å². The first-order chi connectivity index (χ1) is 5.72. The highest BCUT2D eigenvalue weighted by Gasteiger charge is 2.05. The lowest BCUT2D eigenvalue weighted by Gasteiger charge is -2.03. The Balaban J connectivity index is 2.33. The average molecular weight is 187 g/mol. The normalized spacial score (nSPS) is 13.2. The molecule has 1 rings (SSSR count). The lowest BCUT2D eigenvalue weighted by molar-refractivity contribution is 0.429. The number of anilines is 1. The van der Waals surface area contributed by atoms with Gasteiger partial charge in [0.05, 0.1) is 5.75 Å². The molecule has 0 saturated heterocycles. The van der Waals surface area contributed by atoms with Crippen molar-refractivity contribution < 1.29 is 4.52 Å². The number of nitrogen functional groups attached to an aromatic ring is 1. The second kappa shape index (κ2) is 4.35. The van der Waals surface area contributed by atoms with Crippen LogP contribution in [0.1, 0.15) is 26.1 Å². The molecule has 4 nitrogen and oxygen atoms in total. The quantitative estimate of drug-likeness (QED) is 0.777. The van der Waals surface area contributed by atoms with E-state index < -0.39 is 0 Å². The van der Waals surface area contributed by atoms with E-state index in [2.05, 4.69) is 28.5 Å². The van der Waals surface area contributed by atoms with Crippen molar-refractivity contribution in [2.75, 3.05) is 5.73 Å². The van der Waals surface area contributed by atoms with Crippen molar-refractivity contribution in [1.82, 2.24) is 10.1 Å². The van der Waals surface area contributed by atoms with Gasteiger partial charge in [-0.25, -0.2) is 0 Å². The third-order valence-electron chi connectivity index (χ3n) is 1.56. The van der Waals surface area contributed by atoms with Crippen LogP contribution in [0.2, 0.25) is 0 Å². The molecule has 0 aromatic carbocycles. The van der Waals surface area contributed by atoms with E-state index in [1.165, 1.54) is 0 Å². The SMILES string of the molecule is CCC(C)SCc1noc(N)n1. The first kappa shape index (κ1) is 9.38. The monoisotopic (exact) mass is 187 g/mol. The van der Waals surface area contributed by atoms with Gasteiger partial charge in [0, 0.05) is 5.25 Å². The van der Waals surface area contributed by atoms with Crippen molar-refractivity contribution in [1.29, 1.82) is 0 Å². The predicted octanol–water partition coefficient (Wildman–Crippen LogP) is 1.68. The molecule has 2 N–H and O–H groups in total. The van der Waals surface area contributed by atoms with Gasteiger partial charge in [-0.3, -0.25) is 0 Å². The zero-order valence-corrected chi connectivity index (χ0v) is 8.10. The van der Waals surface area contributed by atoms with Gasteiger partial charge in [-0.05, 0) is 6.42 Å². The topological polar surface area (TPSA) is 64.9 Å². The highest BCUT2D eigenvalue weighted by molar-refractivity contribution is 7.99. The zero-order chi connectivity index (χ0) is 8.97. The summed E-state index contributed by atoms with van der Waals surface area (Å²) in [6.45, 7) is 4.33. The van der Waals surface area contributed by atoms with Gasteiger partial charge in [-0.2, -0.15) is 16.7 Å². The van der Waals surface area contributed by atoms with Crippen LogP contribution in [0.5, 0.6) is 0 Å². The highest BCUT2D eigenvalue weighted by Crippen LogP contribution is 2.17. The lowest BCUT2D eigenvalue weighted by Crippen LogP contribution is -1.95. The summed E-state index contributed by atoms with van der Waals surface area (Å²) in [7, 11) is 0. The first-order valence-corrected chi connectivity index (χ1v) is 4.97. The summed E-state index contributed by atoms with van der Waals surface area (Å²) in [4.78, 5) is 3.90. The molecule has 0 aliphatic heterocycles. The summed E-state index contributed by atoms with van der Waals surface area (Å²) in [5.74, 6) is 1.45. The first-order valence-electron chi connectivity index (χ1n) is 3.92. The number of aromatic nitrogens is 2. The van der Waals surface area contributed by atoms with Crippen molar-refractivity contribution in [3.05, 3.63) is 5.82 Å². The fourth-order valence-electron chi connectivity index (χ4n) is 0.661. The molecule has 0 saturated carbocycles. The van der Waals surface area contributed by atoms with Gasteiger partial charge in [0.1, 0.15) is 0 Å². The minimum atomic E-state index is 0.148. The molecule has 1 heterocycles. The van der Waals surface area contributed by atoms with Crippen molar-refractivity contribution >= 4 is 17.8 Å². The maximum Gasteiger partial charge on any atom is 0.318 e. The molecule has 0 aliphatic carbocycles. The summed E-state index contributed by atoms with van der Waals surface area (Å²) in [5, 5.41) is 4.32. The fraction of sp³-hybridized carbons (Fsp3) is 0.714. The third kappa shape index (κ3) is 2.73. The van der Waals surface area contributed by atoms with E-state index in [9.17, 15) is 0 Å². The van der Waals surface area contributed by atoms with Crippen LogP contribution in [-0.2, 0) is 5.75 Å². The summed E-state index contributed by atoms with van der Waals surface area (Å²) in [6.07, 6.45) is 1.15. The summed E-state index contributed by atoms with van der Waals surface area (Å²) in [6, 6.07) is 0.148. The van der Waals surface area contributed by atoms with Crippen LogP contribution in [0.25, 0.3) is 0 Å². The predicted molar refractivity (Wildman–Crippen MR) is 49.8 cm³/mol. The summed E-state index contributed by atoms with van der Waals surface area (Å²) < 4.78 is 4.63. The Morgan fingerprint density at radius 1 is 1.67 bits per heavy atom. The van der Waals surface area contributed by atoms with E-state index in [4.69, 9.17) is 5.73 Å². The van der Waals surface area contributed by atoms with Crippen LogP contribution < -0.4 is 5.73 Å². The highest BCUT2D eigenvalue weighted by atomic mass is 32.2. The molecule has 12 heavy (non-hydrogen) atoms. The Hall–Kier alpha value is -0.710. The zero-order valence-electron chi connectivity index (χ0n) is 7.28. The van der Waals surface area contributed by atoms with Gasteiger partial charge in [-0.1, -0.05) is 19.0 Å². The van der Waals surface area contributed by atoms with E-state index in [0.29, 0.717) is 11.1 Å². The van der Waals surface area contributed by atoms with Gasteiger partial charge >= 0.3 is 6.01 Å². The molecule has 0 spiro atoms.